The van der Waals surface area contributed by atoms with Crippen molar-refractivity contribution in [2.24, 2.45) is 0 Å². The average Bonchev–Trinajstić information content (AvgIpc) is 3.01. The van der Waals surface area contributed by atoms with E-state index in [0.29, 0.717) is 12.2 Å². The van der Waals surface area contributed by atoms with Crippen LogP contribution in [0.1, 0.15) is 30.7 Å². The molecule has 5 nitrogen and oxygen atoms in total. The summed E-state index contributed by atoms with van der Waals surface area (Å²) in [6, 6.07) is 10.7. The third kappa shape index (κ3) is 4.64. The first-order valence-corrected chi connectivity index (χ1v) is 8.34. The largest absolute Gasteiger partial charge is 0.373 e. The number of aromatic nitrogens is 2. The van der Waals surface area contributed by atoms with Crippen molar-refractivity contribution < 1.29 is 4.74 Å². The van der Waals surface area contributed by atoms with Gasteiger partial charge in [-0.05, 0) is 31.0 Å². The molecule has 1 aromatic carbocycles. The topological polar surface area (TPSA) is 53.2 Å². The maximum absolute atomic E-state index is 5.83. The number of H-pyrrole nitrogens is 1. The molecular formula is C18H26N4O. The molecule has 0 saturated carbocycles. The second kappa shape index (κ2) is 7.73. The third-order valence-corrected chi connectivity index (χ3v) is 4.20. The SMILES string of the molecule is CC1CN(Cc2ccccc2CNCc2ccn[nH]2)CC(C)O1. The summed E-state index contributed by atoms with van der Waals surface area (Å²) in [6.45, 7) is 8.96. The van der Waals surface area contributed by atoms with Gasteiger partial charge in [-0.2, -0.15) is 5.10 Å². The van der Waals surface area contributed by atoms with Crippen molar-refractivity contribution >= 4 is 0 Å². The fraction of sp³-hybridized carbons (Fsp3) is 0.500. The zero-order valence-electron chi connectivity index (χ0n) is 14.0. The first-order valence-electron chi connectivity index (χ1n) is 8.34. The van der Waals surface area contributed by atoms with Gasteiger partial charge in [-0.25, -0.2) is 0 Å². The molecule has 0 spiro atoms. The molecule has 23 heavy (non-hydrogen) atoms. The second-order valence-corrected chi connectivity index (χ2v) is 6.41. The molecule has 1 aliphatic heterocycles. The Hall–Kier alpha value is -1.69. The van der Waals surface area contributed by atoms with Crippen LogP contribution < -0.4 is 5.32 Å². The summed E-state index contributed by atoms with van der Waals surface area (Å²) < 4.78 is 5.83. The summed E-state index contributed by atoms with van der Waals surface area (Å²) in [5.41, 5.74) is 3.86. The van der Waals surface area contributed by atoms with Gasteiger partial charge in [-0.3, -0.25) is 10.00 Å². The molecule has 0 amide bonds. The highest BCUT2D eigenvalue weighted by atomic mass is 16.5. The van der Waals surface area contributed by atoms with Gasteiger partial charge in [0.2, 0.25) is 0 Å². The lowest BCUT2D eigenvalue weighted by atomic mass is 10.1. The lowest BCUT2D eigenvalue weighted by molar-refractivity contribution is -0.0705. The molecule has 1 saturated heterocycles. The number of nitrogens with one attached hydrogen (secondary N) is 2. The van der Waals surface area contributed by atoms with Crippen LogP contribution in [0.3, 0.4) is 0 Å². The molecule has 2 heterocycles. The van der Waals surface area contributed by atoms with Crippen LogP contribution in [0.15, 0.2) is 36.5 Å². The van der Waals surface area contributed by atoms with E-state index in [0.717, 1.165) is 38.4 Å². The van der Waals surface area contributed by atoms with Crippen molar-refractivity contribution in [2.45, 2.75) is 45.7 Å². The number of hydrogen-bond acceptors (Lipinski definition) is 4. The van der Waals surface area contributed by atoms with Crippen molar-refractivity contribution in [3.63, 3.8) is 0 Å². The Morgan fingerprint density at radius 3 is 2.57 bits per heavy atom. The molecule has 3 rings (SSSR count). The Balaban J connectivity index is 1.58. The van der Waals surface area contributed by atoms with Gasteiger partial charge >= 0.3 is 0 Å². The summed E-state index contributed by atoms with van der Waals surface area (Å²) in [5.74, 6) is 0. The van der Waals surface area contributed by atoms with Gasteiger partial charge in [-0.1, -0.05) is 24.3 Å². The highest BCUT2D eigenvalue weighted by Gasteiger charge is 2.22. The molecule has 2 unspecified atom stereocenters. The van der Waals surface area contributed by atoms with Crippen molar-refractivity contribution in [2.75, 3.05) is 13.1 Å². The minimum atomic E-state index is 0.310. The van der Waals surface area contributed by atoms with Gasteiger partial charge in [-0.15, -0.1) is 0 Å². The van der Waals surface area contributed by atoms with Crippen LogP contribution in [-0.2, 0) is 24.4 Å². The zero-order valence-corrected chi connectivity index (χ0v) is 14.0. The number of morpholine rings is 1. The van der Waals surface area contributed by atoms with Crippen LogP contribution in [0, 0.1) is 0 Å². The minimum absolute atomic E-state index is 0.310. The van der Waals surface area contributed by atoms with Crippen molar-refractivity contribution in [3.8, 4) is 0 Å². The van der Waals surface area contributed by atoms with Gasteiger partial charge in [0.05, 0.1) is 12.2 Å². The zero-order chi connectivity index (χ0) is 16.1. The van der Waals surface area contributed by atoms with E-state index in [4.69, 9.17) is 4.74 Å². The van der Waals surface area contributed by atoms with E-state index in [-0.39, 0.29) is 0 Å². The molecule has 1 aromatic heterocycles. The highest BCUT2D eigenvalue weighted by molar-refractivity contribution is 5.27. The molecular weight excluding hydrogens is 288 g/mol. The van der Waals surface area contributed by atoms with E-state index < -0.39 is 0 Å². The standard InChI is InChI=1S/C18H26N4O/c1-14-11-22(12-15(2)23-14)13-17-6-4-3-5-16(17)9-19-10-18-7-8-20-21-18/h3-8,14-15,19H,9-13H2,1-2H3,(H,20,21). The number of ether oxygens (including phenoxy) is 1. The molecule has 0 bridgehead atoms. The van der Waals surface area contributed by atoms with E-state index in [1.54, 1.807) is 6.20 Å². The van der Waals surface area contributed by atoms with Gasteiger partial charge in [0.1, 0.15) is 0 Å². The van der Waals surface area contributed by atoms with Crippen LogP contribution in [0.2, 0.25) is 0 Å². The summed E-state index contributed by atoms with van der Waals surface area (Å²) in [6.07, 6.45) is 2.40. The van der Waals surface area contributed by atoms with Crippen LogP contribution in [-0.4, -0.2) is 40.4 Å². The third-order valence-electron chi connectivity index (χ3n) is 4.20. The average molecular weight is 314 g/mol. The van der Waals surface area contributed by atoms with Crippen LogP contribution in [0.4, 0.5) is 0 Å². The quantitative estimate of drug-likeness (QED) is 0.859. The predicted octanol–water partition coefficient (Wildman–Crippen LogP) is 2.31. The van der Waals surface area contributed by atoms with Crippen LogP contribution in [0.25, 0.3) is 0 Å². The Kier molecular flexibility index (Phi) is 5.43. The van der Waals surface area contributed by atoms with E-state index >= 15 is 0 Å². The molecule has 124 valence electrons. The Labute approximate surface area is 138 Å². The molecule has 5 heteroatoms. The summed E-state index contributed by atoms with van der Waals surface area (Å²) in [4.78, 5) is 2.49. The van der Waals surface area contributed by atoms with Gasteiger partial charge < -0.3 is 10.1 Å². The normalized spacial score (nSPS) is 22.3. The van der Waals surface area contributed by atoms with E-state index in [9.17, 15) is 0 Å². The monoisotopic (exact) mass is 314 g/mol. The molecule has 1 aliphatic rings. The van der Waals surface area contributed by atoms with Gasteiger partial charge in [0.15, 0.2) is 0 Å². The number of nitrogens with zero attached hydrogens (tertiary/aromatic N) is 2. The Morgan fingerprint density at radius 2 is 1.87 bits per heavy atom. The highest BCUT2D eigenvalue weighted by Crippen LogP contribution is 2.17. The first-order chi connectivity index (χ1) is 11.2. The van der Waals surface area contributed by atoms with Crippen LogP contribution in [0.5, 0.6) is 0 Å². The molecule has 2 aromatic rings. The Bertz CT molecular complexity index is 589. The lowest BCUT2D eigenvalue weighted by Gasteiger charge is -2.35. The van der Waals surface area contributed by atoms with Crippen molar-refractivity contribution in [1.82, 2.24) is 20.4 Å². The number of aromatic amines is 1. The van der Waals surface area contributed by atoms with Gasteiger partial charge in [0.25, 0.3) is 0 Å². The van der Waals surface area contributed by atoms with Crippen molar-refractivity contribution in [1.29, 1.82) is 0 Å². The summed E-state index contributed by atoms with van der Waals surface area (Å²) in [7, 11) is 0. The molecule has 2 N–H and O–H groups in total. The number of hydrogen-bond donors (Lipinski definition) is 2. The maximum atomic E-state index is 5.83. The van der Waals surface area contributed by atoms with Gasteiger partial charge in [0, 0.05) is 44.6 Å². The van der Waals surface area contributed by atoms with Crippen molar-refractivity contribution in [3.05, 3.63) is 53.3 Å². The fourth-order valence-electron chi connectivity index (χ4n) is 3.25. The molecule has 2 atom stereocenters. The fourth-order valence-corrected chi connectivity index (χ4v) is 3.25. The minimum Gasteiger partial charge on any atom is -0.373 e. The molecule has 1 fully saturated rings. The van der Waals surface area contributed by atoms with E-state index in [1.165, 1.54) is 11.1 Å². The maximum Gasteiger partial charge on any atom is 0.0678 e. The second-order valence-electron chi connectivity index (χ2n) is 6.41. The predicted molar refractivity (Wildman–Crippen MR) is 90.9 cm³/mol. The molecule has 0 aliphatic carbocycles. The summed E-state index contributed by atoms with van der Waals surface area (Å²) >= 11 is 0. The first kappa shape index (κ1) is 16.2. The van der Waals surface area contributed by atoms with Crippen LogP contribution >= 0.6 is 0 Å². The molecule has 0 radical (unpaired) electrons. The number of benzene rings is 1. The number of rotatable bonds is 6. The van der Waals surface area contributed by atoms with E-state index in [1.807, 2.05) is 6.07 Å². The Morgan fingerprint density at radius 1 is 1.13 bits per heavy atom. The lowest BCUT2D eigenvalue weighted by Crippen LogP contribution is -2.45. The summed E-state index contributed by atoms with van der Waals surface area (Å²) in [5, 5.41) is 10.4. The smallest absolute Gasteiger partial charge is 0.0678 e. The van der Waals surface area contributed by atoms with E-state index in [2.05, 4.69) is 58.5 Å².